The van der Waals surface area contributed by atoms with Gasteiger partial charge in [0.05, 0.1) is 11.2 Å². The quantitative estimate of drug-likeness (QED) is 0.873. The number of rotatable bonds is 3. The van der Waals surface area contributed by atoms with Crippen molar-refractivity contribution in [1.82, 2.24) is 9.97 Å². The van der Waals surface area contributed by atoms with E-state index in [2.05, 4.69) is 15.3 Å². The van der Waals surface area contributed by atoms with Crippen molar-refractivity contribution >= 4 is 28.8 Å². The fourth-order valence-electron chi connectivity index (χ4n) is 1.01. The predicted molar refractivity (Wildman–Crippen MR) is 58.7 cm³/mol. The van der Waals surface area contributed by atoms with Crippen LogP contribution in [-0.2, 0) is 6.54 Å². The number of thiophene rings is 1. The van der Waals surface area contributed by atoms with Crippen molar-refractivity contribution in [2.24, 2.45) is 0 Å². The van der Waals surface area contributed by atoms with E-state index in [1.807, 2.05) is 10.8 Å². The maximum atomic E-state index is 5.94. The van der Waals surface area contributed by atoms with Crippen LogP contribution in [0.1, 0.15) is 5.56 Å². The first-order chi connectivity index (χ1) is 6.86. The number of nitrogens with one attached hydrogen (secondary N) is 1. The number of hydrogen-bond acceptors (Lipinski definition) is 4. The Hall–Kier alpha value is -1.13. The molecule has 2 aromatic rings. The molecule has 0 saturated heterocycles. The lowest BCUT2D eigenvalue weighted by Gasteiger charge is -2.02. The molecule has 2 aromatic heterocycles. The van der Waals surface area contributed by atoms with E-state index >= 15 is 0 Å². The second-order valence-corrected chi connectivity index (χ2v) is 3.84. The zero-order valence-electron chi connectivity index (χ0n) is 7.27. The SMILES string of the molecule is Clc1cscc1CNc1cnccn1. The molecule has 0 amide bonds. The second-order valence-electron chi connectivity index (χ2n) is 2.69. The van der Waals surface area contributed by atoms with Crippen molar-refractivity contribution in [2.45, 2.75) is 6.54 Å². The molecule has 0 aliphatic carbocycles. The fraction of sp³-hybridized carbons (Fsp3) is 0.111. The Morgan fingerprint density at radius 1 is 1.36 bits per heavy atom. The molecule has 0 radical (unpaired) electrons. The van der Waals surface area contributed by atoms with Crippen molar-refractivity contribution in [3.63, 3.8) is 0 Å². The third kappa shape index (κ3) is 2.21. The molecule has 1 N–H and O–H groups in total. The Kier molecular flexibility index (Phi) is 2.96. The standard InChI is InChI=1S/C9H8ClN3S/c10-8-6-14-5-7(8)3-13-9-4-11-1-2-12-9/h1-2,4-6H,3H2,(H,12,13). The number of nitrogens with zero attached hydrogens (tertiary/aromatic N) is 2. The van der Waals surface area contributed by atoms with Gasteiger partial charge in [-0.25, -0.2) is 4.98 Å². The van der Waals surface area contributed by atoms with Gasteiger partial charge in [-0.1, -0.05) is 11.6 Å². The predicted octanol–water partition coefficient (Wildman–Crippen LogP) is 2.80. The van der Waals surface area contributed by atoms with Gasteiger partial charge in [0.2, 0.25) is 0 Å². The van der Waals surface area contributed by atoms with Gasteiger partial charge in [-0.15, -0.1) is 0 Å². The fourth-order valence-corrected chi connectivity index (χ4v) is 2.06. The average Bonchev–Trinajstić information content (AvgIpc) is 2.63. The Balaban J connectivity index is 1.99. The maximum Gasteiger partial charge on any atom is 0.144 e. The lowest BCUT2D eigenvalue weighted by molar-refractivity contribution is 1.09. The summed E-state index contributed by atoms with van der Waals surface area (Å²) in [6.45, 7) is 0.682. The molecular weight excluding hydrogens is 218 g/mol. The molecule has 0 fully saturated rings. The summed E-state index contributed by atoms with van der Waals surface area (Å²) in [6, 6.07) is 0. The maximum absolute atomic E-state index is 5.94. The highest BCUT2D eigenvalue weighted by atomic mass is 35.5. The number of aromatic nitrogens is 2. The molecule has 2 heterocycles. The summed E-state index contributed by atoms with van der Waals surface area (Å²) in [5.41, 5.74) is 1.09. The second kappa shape index (κ2) is 4.39. The van der Waals surface area contributed by atoms with E-state index in [-0.39, 0.29) is 0 Å². The smallest absolute Gasteiger partial charge is 0.144 e. The van der Waals surface area contributed by atoms with Crippen LogP contribution in [-0.4, -0.2) is 9.97 Å². The summed E-state index contributed by atoms with van der Waals surface area (Å²) in [4.78, 5) is 8.05. The molecular formula is C9H8ClN3S. The summed E-state index contributed by atoms with van der Waals surface area (Å²) in [7, 11) is 0. The minimum absolute atomic E-state index is 0.682. The zero-order chi connectivity index (χ0) is 9.80. The van der Waals surface area contributed by atoms with Crippen molar-refractivity contribution in [2.75, 3.05) is 5.32 Å². The van der Waals surface area contributed by atoms with Crippen LogP contribution in [0.5, 0.6) is 0 Å². The van der Waals surface area contributed by atoms with Crippen molar-refractivity contribution < 1.29 is 0 Å². The summed E-state index contributed by atoms with van der Waals surface area (Å²) in [5.74, 6) is 0.759. The average molecular weight is 226 g/mol. The Bertz CT molecular complexity index is 401. The van der Waals surface area contributed by atoms with Gasteiger partial charge in [-0.05, 0) is 5.38 Å². The minimum Gasteiger partial charge on any atom is -0.365 e. The highest BCUT2D eigenvalue weighted by Crippen LogP contribution is 2.21. The van der Waals surface area contributed by atoms with E-state index in [9.17, 15) is 0 Å². The summed E-state index contributed by atoms with van der Waals surface area (Å²) in [5, 5.41) is 7.87. The van der Waals surface area contributed by atoms with Crippen LogP contribution in [0.2, 0.25) is 5.02 Å². The summed E-state index contributed by atoms with van der Waals surface area (Å²) >= 11 is 7.53. The van der Waals surface area contributed by atoms with Crippen LogP contribution in [0.25, 0.3) is 0 Å². The van der Waals surface area contributed by atoms with E-state index in [1.165, 1.54) is 0 Å². The van der Waals surface area contributed by atoms with Gasteiger partial charge in [0.1, 0.15) is 5.82 Å². The van der Waals surface area contributed by atoms with Gasteiger partial charge >= 0.3 is 0 Å². The number of anilines is 1. The molecule has 0 spiro atoms. The lowest BCUT2D eigenvalue weighted by atomic mass is 10.3. The molecule has 0 aromatic carbocycles. The molecule has 0 unspecified atom stereocenters. The summed E-state index contributed by atoms with van der Waals surface area (Å²) in [6.07, 6.45) is 4.97. The van der Waals surface area contributed by atoms with Gasteiger partial charge in [0, 0.05) is 29.9 Å². The zero-order valence-corrected chi connectivity index (χ0v) is 8.85. The summed E-state index contributed by atoms with van der Waals surface area (Å²) < 4.78 is 0. The topological polar surface area (TPSA) is 37.8 Å². The van der Waals surface area contributed by atoms with Gasteiger partial charge in [-0.2, -0.15) is 11.3 Å². The Labute approximate surface area is 90.8 Å². The number of halogens is 1. The van der Waals surface area contributed by atoms with Crippen LogP contribution < -0.4 is 5.32 Å². The molecule has 0 saturated carbocycles. The monoisotopic (exact) mass is 225 g/mol. The van der Waals surface area contributed by atoms with Crippen LogP contribution in [0.15, 0.2) is 29.4 Å². The van der Waals surface area contributed by atoms with Gasteiger partial charge < -0.3 is 5.32 Å². The van der Waals surface area contributed by atoms with Crippen molar-refractivity contribution in [3.05, 3.63) is 39.9 Å². The first-order valence-electron chi connectivity index (χ1n) is 4.07. The van der Waals surface area contributed by atoms with Gasteiger partial charge in [0.15, 0.2) is 0 Å². The molecule has 0 aliphatic heterocycles. The molecule has 0 bridgehead atoms. The molecule has 3 nitrogen and oxygen atoms in total. The van der Waals surface area contributed by atoms with Crippen LogP contribution in [0.4, 0.5) is 5.82 Å². The van der Waals surface area contributed by atoms with E-state index in [0.29, 0.717) is 6.54 Å². The van der Waals surface area contributed by atoms with E-state index in [0.717, 1.165) is 16.4 Å². The molecule has 0 aliphatic rings. The third-order valence-electron chi connectivity index (χ3n) is 1.71. The molecule has 14 heavy (non-hydrogen) atoms. The molecule has 2 rings (SSSR count). The molecule has 0 atom stereocenters. The largest absolute Gasteiger partial charge is 0.365 e. The Morgan fingerprint density at radius 3 is 2.93 bits per heavy atom. The van der Waals surface area contributed by atoms with Gasteiger partial charge in [-0.3, -0.25) is 4.98 Å². The van der Waals surface area contributed by atoms with Crippen molar-refractivity contribution in [1.29, 1.82) is 0 Å². The first-order valence-corrected chi connectivity index (χ1v) is 5.39. The lowest BCUT2D eigenvalue weighted by Crippen LogP contribution is -2.00. The van der Waals surface area contributed by atoms with Crippen molar-refractivity contribution in [3.8, 4) is 0 Å². The number of hydrogen-bond donors (Lipinski definition) is 1. The highest BCUT2D eigenvalue weighted by molar-refractivity contribution is 7.08. The molecule has 5 heteroatoms. The van der Waals surface area contributed by atoms with E-state index in [1.54, 1.807) is 29.9 Å². The van der Waals surface area contributed by atoms with Crippen LogP contribution in [0.3, 0.4) is 0 Å². The molecule has 72 valence electrons. The first kappa shape index (κ1) is 9.43. The highest BCUT2D eigenvalue weighted by Gasteiger charge is 2.00. The van der Waals surface area contributed by atoms with Gasteiger partial charge in [0.25, 0.3) is 0 Å². The third-order valence-corrected chi connectivity index (χ3v) is 2.99. The van der Waals surface area contributed by atoms with E-state index < -0.39 is 0 Å². The minimum atomic E-state index is 0.682. The Morgan fingerprint density at radius 2 is 2.29 bits per heavy atom. The van der Waals surface area contributed by atoms with Crippen LogP contribution in [0, 0.1) is 0 Å². The van der Waals surface area contributed by atoms with E-state index in [4.69, 9.17) is 11.6 Å². The normalized spacial score (nSPS) is 10.1. The van der Waals surface area contributed by atoms with Crippen LogP contribution >= 0.6 is 22.9 Å².